The van der Waals surface area contributed by atoms with Crippen LogP contribution in [0.3, 0.4) is 0 Å². The SMILES string of the molecule is C#CCNc1nc(C)c(C(=O)N[C@@H](CNC(=O)OC(C)(C)C)C(=O)OC)c(C)n1. The van der Waals surface area contributed by atoms with E-state index in [1.165, 1.54) is 7.11 Å². The van der Waals surface area contributed by atoms with Crippen molar-refractivity contribution in [3.05, 3.63) is 17.0 Å². The number of ether oxygens (including phenoxy) is 2. The number of rotatable bonds is 7. The van der Waals surface area contributed by atoms with E-state index in [2.05, 4.69) is 31.8 Å². The number of esters is 1. The molecule has 0 spiro atoms. The molecule has 0 aliphatic carbocycles. The van der Waals surface area contributed by atoms with Gasteiger partial charge in [0.15, 0.2) is 0 Å². The lowest BCUT2D eigenvalue weighted by atomic mass is 10.1. The molecule has 0 aliphatic rings. The van der Waals surface area contributed by atoms with Gasteiger partial charge in [-0.25, -0.2) is 19.6 Å². The van der Waals surface area contributed by atoms with Crippen molar-refractivity contribution in [2.45, 2.75) is 46.3 Å². The zero-order valence-electron chi connectivity index (χ0n) is 17.5. The van der Waals surface area contributed by atoms with E-state index >= 15 is 0 Å². The number of carbonyl (C=O) groups is 3. The summed E-state index contributed by atoms with van der Waals surface area (Å²) in [7, 11) is 1.18. The summed E-state index contributed by atoms with van der Waals surface area (Å²) in [5.41, 5.74) is 0.313. The molecule has 1 heterocycles. The summed E-state index contributed by atoms with van der Waals surface area (Å²) in [6.45, 7) is 8.42. The molecule has 0 unspecified atom stereocenters. The van der Waals surface area contributed by atoms with Crippen LogP contribution in [0.4, 0.5) is 10.7 Å². The average molecular weight is 405 g/mol. The first-order chi connectivity index (χ1) is 13.5. The van der Waals surface area contributed by atoms with E-state index in [0.29, 0.717) is 17.3 Å². The fourth-order valence-corrected chi connectivity index (χ4v) is 2.32. The number of nitrogens with zero attached hydrogens (tertiary/aromatic N) is 2. The molecule has 1 atom stereocenters. The van der Waals surface area contributed by atoms with Gasteiger partial charge in [-0.2, -0.15) is 0 Å². The Bertz CT molecular complexity index is 787. The minimum Gasteiger partial charge on any atom is -0.467 e. The van der Waals surface area contributed by atoms with Crippen molar-refractivity contribution in [2.24, 2.45) is 0 Å². The summed E-state index contributed by atoms with van der Waals surface area (Å²) >= 11 is 0. The summed E-state index contributed by atoms with van der Waals surface area (Å²) in [6.07, 6.45) is 4.47. The van der Waals surface area contributed by atoms with Crippen LogP contribution in [0.2, 0.25) is 0 Å². The maximum atomic E-state index is 12.7. The Morgan fingerprint density at radius 1 is 1.17 bits per heavy atom. The Morgan fingerprint density at radius 3 is 2.24 bits per heavy atom. The molecule has 158 valence electrons. The van der Waals surface area contributed by atoms with Crippen LogP contribution in [0.15, 0.2) is 0 Å². The molecule has 0 aliphatic heterocycles. The molecule has 0 aromatic carbocycles. The molecule has 0 radical (unpaired) electrons. The van der Waals surface area contributed by atoms with Crippen molar-refractivity contribution in [1.82, 2.24) is 20.6 Å². The highest BCUT2D eigenvalue weighted by Crippen LogP contribution is 2.13. The van der Waals surface area contributed by atoms with Crippen molar-refractivity contribution < 1.29 is 23.9 Å². The number of nitrogens with one attached hydrogen (secondary N) is 3. The van der Waals surface area contributed by atoms with Crippen molar-refractivity contribution in [1.29, 1.82) is 0 Å². The number of aryl methyl sites for hydroxylation is 2. The highest BCUT2D eigenvalue weighted by Gasteiger charge is 2.26. The molecule has 0 bridgehead atoms. The topological polar surface area (TPSA) is 132 Å². The maximum absolute atomic E-state index is 12.7. The van der Waals surface area contributed by atoms with Crippen LogP contribution in [-0.4, -0.2) is 59.8 Å². The molecule has 10 heteroatoms. The Labute approximate surface area is 170 Å². The van der Waals surface area contributed by atoms with E-state index in [9.17, 15) is 14.4 Å². The van der Waals surface area contributed by atoms with E-state index in [-0.39, 0.29) is 18.7 Å². The zero-order chi connectivity index (χ0) is 22.2. The Kier molecular flexibility index (Phi) is 8.38. The van der Waals surface area contributed by atoms with Crippen molar-refractivity contribution >= 4 is 23.9 Å². The van der Waals surface area contributed by atoms with Gasteiger partial charge in [0.05, 0.1) is 37.2 Å². The molecule has 0 saturated heterocycles. The smallest absolute Gasteiger partial charge is 0.407 e. The molecule has 2 amide bonds. The highest BCUT2D eigenvalue weighted by atomic mass is 16.6. The first-order valence-electron chi connectivity index (χ1n) is 8.86. The van der Waals surface area contributed by atoms with E-state index in [1.807, 2.05) is 0 Å². The van der Waals surface area contributed by atoms with Gasteiger partial charge >= 0.3 is 12.1 Å². The fraction of sp³-hybridized carbons (Fsp3) is 0.526. The van der Waals surface area contributed by atoms with E-state index in [0.717, 1.165) is 0 Å². The first-order valence-corrected chi connectivity index (χ1v) is 8.86. The summed E-state index contributed by atoms with van der Waals surface area (Å²) < 4.78 is 9.82. The second kappa shape index (κ2) is 10.3. The van der Waals surface area contributed by atoms with Gasteiger partial charge in [0.1, 0.15) is 11.6 Å². The summed E-state index contributed by atoms with van der Waals surface area (Å²) in [6, 6.07) is -1.13. The third kappa shape index (κ3) is 7.65. The number of carbonyl (C=O) groups excluding carboxylic acids is 3. The van der Waals surface area contributed by atoms with Crippen LogP contribution in [0.25, 0.3) is 0 Å². The summed E-state index contributed by atoms with van der Waals surface area (Å²) in [5, 5.41) is 7.80. The summed E-state index contributed by atoms with van der Waals surface area (Å²) in [5.74, 6) is 1.40. The predicted molar refractivity (Wildman–Crippen MR) is 106 cm³/mol. The molecule has 0 saturated carbocycles. The van der Waals surface area contributed by atoms with Gasteiger partial charge in [-0.05, 0) is 34.6 Å². The number of methoxy groups -OCH3 is 1. The van der Waals surface area contributed by atoms with Crippen LogP contribution in [-0.2, 0) is 14.3 Å². The standard InChI is InChI=1S/C19H27N5O5/c1-8-9-20-17-22-11(2)14(12(3)23-17)15(25)24-13(16(26)28-7)10-21-18(27)29-19(4,5)6/h1,13H,9-10H2,2-7H3,(H,21,27)(H,24,25)(H,20,22,23)/t13-/m0/s1. The molecule has 10 nitrogen and oxygen atoms in total. The quantitative estimate of drug-likeness (QED) is 0.451. The maximum Gasteiger partial charge on any atom is 0.407 e. The predicted octanol–water partition coefficient (Wildman–Crippen LogP) is 0.935. The van der Waals surface area contributed by atoms with Crippen molar-refractivity contribution in [3.8, 4) is 12.3 Å². The first kappa shape index (κ1) is 23.7. The lowest BCUT2D eigenvalue weighted by Crippen LogP contribution is -2.50. The van der Waals surface area contributed by atoms with Crippen LogP contribution < -0.4 is 16.0 Å². The normalized spacial score (nSPS) is 11.6. The second-order valence-corrected chi connectivity index (χ2v) is 7.08. The van der Waals surface area contributed by atoms with E-state index < -0.39 is 29.6 Å². The monoisotopic (exact) mass is 405 g/mol. The van der Waals surface area contributed by atoms with Crippen molar-refractivity contribution in [3.63, 3.8) is 0 Å². The Hall–Kier alpha value is -3.35. The lowest BCUT2D eigenvalue weighted by Gasteiger charge is -2.22. The minimum absolute atomic E-state index is 0.211. The van der Waals surface area contributed by atoms with Crippen LogP contribution >= 0.6 is 0 Å². The molecular weight excluding hydrogens is 378 g/mol. The molecule has 1 rings (SSSR count). The van der Waals surface area contributed by atoms with Crippen LogP contribution in [0, 0.1) is 26.2 Å². The van der Waals surface area contributed by atoms with E-state index in [1.54, 1.807) is 34.6 Å². The number of hydrogen-bond acceptors (Lipinski definition) is 8. The van der Waals surface area contributed by atoms with Gasteiger partial charge in [-0.3, -0.25) is 4.79 Å². The lowest BCUT2D eigenvalue weighted by molar-refractivity contribution is -0.142. The Morgan fingerprint density at radius 2 is 1.76 bits per heavy atom. The molecule has 29 heavy (non-hydrogen) atoms. The number of terminal acetylenes is 1. The van der Waals surface area contributed by atoms with Gasteiger partial charge in [0.25, 0.3) is 5.91 Å². The van der Waals surface area contributed by atoms with Gasteiger partial charge in [0.2, 0.25) is 5.95 Å². The fourth-order valence-electron chi connectivity index (χ4n) is 2.32. The number of aromatic nitrogens is 2. The minimum atomic E-state index is -1.13. The average Bonchev–Trinajstić information content (AvgIpc) is 2.60. The largest absolute Gasteiger partial charge is 0.467 e. The third-order valence-corrected chi connectivity index (χ3v) is 3.49. The van der Waals surface area contributed by atoms with Gasteiger partial charge < -0.3 is 25.4 Å². The van der Waals surface area contributed by atoms with Gasteiger partial charge in [-0.15, -0.1) is 6.42 Å². The molecule has 3 N–H and O–H groups in total. The third-order valence-electron chi connectivity index (χ3n) is 3.49. The Balaban J connectivity index is 2.92. The molecule has 1 aromatic heterocycles. The van der Waals surface area contributed by atoms with Crippen molar-refractivity contribution in [2.75, 3.05) is 25.5 Å². The van der Waals surface area contributed by atoms with Gasteiger partial charge in [-0.1, -0.05) is 5.92 Å². The molecular formula is C19H27N5O5. The molecule has 1 aromatic rings. The zero-order valence-corrected chi connectivity index (χ0v) is 17.5. The second-order valence-electron chi connectivity index (χ2n) is 7.08. The van der Waals surface area contributed by atoms with Crippen LogP contribution in [0.1, 0.15) is 42.5 Å². The number of anilines is 1. The van der Waals surface area contributed by atoms with Gasteiger partial charge in [0, 0.05) is 0 Å². The number of hydrogen-bond donors (Lipinski definition) is 3. The number of alkyl carbamates (subject to hydrolysis) is 1. The van der Waals surface area contributed by atoms with Crippen LogP contribution in [0.5, 0.6) is 0 Å². The summed E-state index contributed by atoms with van der Waals surface area (Å²) in [4.78, 5) is 45.0. The molecule has 0 fully saturated rings. The van der Waals surface area contributed by atoms with E-state index in [4.69, 9.17) is 15.9 Å². The number of amides is 2. The highest BCUT2D eigenvalue weighted by molar-refractivity contribution is 5.98.